The zero-order valence-electron chi connectivity index (χ0n) is 11.2. The van der Waals surface area contributed by atoms with E-state index in [-0.39, 0.29) is 6.10 Å². The van der Waals surface area contributed by atoms with Crippen LogP contribution in [-0.2, 0) is 0 Å². The summed E-state index contributed by atoms with van der Waals surface area (Å²) < 4.78 is 5.96. The molecule has 1 aliphatic rings. The van der Waals surface area contributed by atoms with E-state index in [1.165, 1.54) is 12.0 Å². The van der Waals surface area contributed by atoms with Gasteiger partial charge in [0, 0.05) is 6.54 Å². The summed E-state index contributed by atoms with van der Waals surface area (Å²) >= 11 is 6.30. The average molecular weight is 268 g/mol. The molecule has 2 atom stereocenters. The van der Waals surface area contributed by atoms with Crippen molar-refractivity contribution in [3.63, 3.8) is 0 Å². The molecule has 0 unspecified atom stereocenters. The number of halogens is 1. The van der Waals surface area contributed by atoms with E-state index in [9.17, 15) is 0 Å². The highest BCUT2D eigenvalue weighted by atomic mass is 35.5. The van der Waals surface area contributed by atoms with E-state index >= 15 is 0 Å². The smallest absolute Gasteiger partial charge is 0.138 e. The Morgan fingerprint density at radius 1 is 1.50 bits per heavy atom. The van der Waals surface area contributed by atoms with Gasteiger partial charge in [0.05, 0.1) is 5.02 Å². The minimum absolute atomic E-state index is 0.255. The topological polar surface area (TPSA) is 21.3 Å². The van der Waals surface area contributed by atoms with Crippen LogP contribution >= 0.6 is 11.6 Å². The van der Waals surface area contributed by atoms with Crippen LogP contribution in [0.3, 0.4) is 0 Å². The third kappa shape index (κ3) is 3.39. The third-order valence-corrected chi connectivity index (χ3v) is 3.98. The van der Waals surface area contributed by atoms with E-state index in [0.29, 0.717) is 5.92 Å². The molecule has 1 aromatic carbocycles. The van der Waals surface area contributed by atoms with Crippen LogP contribution in [0.15, 0.2) is 18.2 Å². The van der Waals surface area contributed by atoms with Crippen LogP contribution in [0.4, 0.5) is 0 Å². The molecule has 1 saturated heterocycles. The lowest BCUT2D eigenvalue weighted by Gasteiger charge is -2.24. The van der Waals surface area contributed by atoms with Crippen molar-refractivity contribution in [3.05, 3.63) is 28.8 Å². The second-order valence-electron chi connectivity index (χ2n) is 5.09. The molecule has 3 heteroatoms. The van der Waals surface area contributed by atoms with Crippen LogP contribution in [0.5, 0.6) is 5.75 Å². The molecule has 1 aliphatic heterocycles. The monoisotopic (exact) mass is 267 g/mol. The van der Waals surface area contributed by atoms with Gasteiger partial charge in [-0.1, -0.05) is 31.5 Å². The highest BCUT2D eigenvalue weighted by Crippen LogP contribution is 2.30. The first kappa shape index (κ1) is 13.7. The fourth-order valence-corrected chi connectivity index (χ4v) is 2.49. The minimum atomic E-state index is 0.255. The molecule has 2 nitrogen and oxygen atoms in total. The van der Waals surface area contributed by atoms with Gasteiger partial charge in [-0.2, -0.15) is 0 Å². The van der Waals surface area contributed by atoms with Gasteiger partial charge in [0.25, 0.3) is 0 Å². The largest absolute Gasteiger partial charge is 0.488 e. The molecule has 0 aliphatic carbocycles. The molecule has 0 bridgehead atoms. The van der Waals surface area contributed by atoms with Gasteiger partial charge in [0.15, 0.2) is 0 Å². The Morgan fingerprint density at radius 2 is 2.33 bits per heavy atom. The summed E-state index contributed by atoms with van der Waals surface area (Å²) in [7, 11) is 0. The second-order valence-corrected chi connectivity index (χ2v) is 5.49. The van der Waals surface area contributed by atoms with E-state index in [0.717, 1.165) is 36.7 Å². The molecular formula is C15H22ClNO. The van der Waals surface area contributed by atoms with Crippen molar-refractivity contribution >= 4 is 11.6 Å². The molecule has 1 fully saturated rings. The summed E-state index contributed by atoms with van der Waals surface area (Å²) in [4.78, 5) is 0. The fraction of sp³-hybridized carbons (Fsp3) is 0.600. The Balaban J connectivity index is 2.04. The Morgan fingerprint density at radius 3 is 2.94 bits per heavy atom. The highest BCUT2D eigenvalue weighted by molar-refractivity contribution is 6.32. The maximum atomic E-state index is 6.30. The number of piperidine rings is 1. The van der Waals surface area contributed by atoms with Crippen LogP contribution < -0.4 is 10.1 Å². The van der Waals surface area contributed by atoms with Gasteiger partial charge in [0.2, 0.25) is 0 Å². The molecule has 0 spiro atoms. The van der Waals surface area contributed by atoms with Crippen LogP contribution in [0.1, 0.15) is 44.6 Å². The first-order valence-electron chi connectivity index (χ1n) is 6.87. The standard InChI is InChI=1S/C15H22ClNO/c1-3-11(2)12-6-7-15(14(16)9-12)18-13-5-4-8-17-10-13/h6-7,9,11,13,17H,3-5,8,10H2,1-2H3/t11-,13+/m1/s1. The van der Waals surface area contributed by atoms with Crippen molar-refractivity contribution in [3.8, 4) is 5.75 Å². The molecule has 0 amide bonds. The van der Waals surface area contributed by atoms with Gasteiger partial charge in [-0.25, -0.2) is 0 Å². The molecule has 0 saturated carbocycles. The number of hydrogen-bond acceptors (Lipinski definition) is 2. The van der Waals surface area contributed by atoms with Gasteiger partial charge >= 0.3 is 0 Å². The molecule has 1 heterocycles. The lowest BCUT2D eigenvalue weighted by atomic mass is 9.99. The maximum absolute atomic E-state index is 6.30. The SMILES string of the molecule is CC[C@@H](C)c1ccc(O[C@H]2CCCNC2)c(Cl)c1. The highest BCUT2D eigenvalue weighted by Gasteiger charge is 2.16. The van der Waals surface area contributed by atoms with Crippen molar-refractivity contribution in [2.45, 2.75) is 45.1 Å². The summed E-state index contributed by atoms with van der Waals surface area (Å²) in [5.41, 5.74) is 1.29. The Hall–Kier alpha value is -0.730. The van der Waals surface area contributed by atoms with Gasteiger partial charge < -0.3 is 10.1 Å². The third-order valence-electron chi connectivity index (χ3n) is 3.68. The van der Waals surface area contributed by atoms with Gasteiger partial charge in [0.1, 0.15) is 11.9 Å². The fourth-order valence-electron chi connectivity index (χ4n) is 2.25. The van der Waals surface area contributed by atoms with E-state index < -0.39 is 0 Å². The molecule has 1 N–H and O–H groups in total. The summed E-state index contributed by atoms with van der Waals surface area (Å²) in [5.74, 6) is 1.37. The number of nitrogens with one attached hydrogen (secondary N) is 1. The van der Waals surface area contributed by atoms with Crippen LogP contribution in [0, 0.1) is 0 Å². The van der Waals surface area contributed by atoms with E-state index in [4.69, 9.17) is 16.3 Å². The van der Waals surface area contributed by atoms with Crippen LogP contribution in [-0.4, -0.2) is 19.2 Å². The first-order chi connectivity index (χ1) is 8.70. The van der Waals surface area contributed by atoms with Crippen molar-refractivity contribution in [1.29, 1.82) is 0 Å². The minimum Gasteiger partial charge on any atom is -0.488 e. The lowest BCUT2D eigenvalue weighted by Crippen LogP contribution is -2.37. The summed E-state index contributed by atoms with van der Waals surface area (Å²) in [5, 5.41) is 4.08. The number of benzene rings is 1. The molecule has 18 heavy (non-hydrogen) atoms. The summed E-state index contributed by atoms with van der Waals surface area (Å²) in [6.45, 7) is 6.43. The van der Waals surface area contributed by atoms with Crippen molar-refractivity contribution in [1.82, 2.24) is 5.32 Å². The van der Waals surface area contributed by atoms with E-state index in [2.05, 4.69) is 25.2 Å². The molecular weight excluding hydrogens is 246 g/mol. The quantitative estimate of drug-likeness (QED) is 0.891. The molecule has 0 radical (unpaired) electrons. The molecule has 2 rings (SSSR count). The zero-order valence-corrected chi connectivity index (χ0v) is 12.0. The van der Waals surface area contributed by atoms with Crippen molar-refractivity contribution in [2.24, 2.45) is 0 Å². The predicted octanol–water partition coefficient (Wildman–Crippen LogP) is 3.98. The number of hydrogen-bond donors (Lipinski definition) is 1. The van der Waals surface area contributed by atoms with Gasteiger partial charge in [-0.3, -0.25) is 0 Å². The number of ether oxygens (including phenoxy) is 1. The Bertz CT molecular complexity index is 388. The van der Waals surface area contributed by atoms with Crippen molar-refractivity contribution in [2.75, 3.05) is 13.1 Å². The van der Waals surface area contributed by atoms with Crippen LogP contribution in [0.2, 0.25) is 5.02 Å². The summed E-state index contributed by atoms with van der Waals surface area (Å²) in [6, 6.07) is 6.19. The Kier molecular flexibility index (Phi) is 4.90. The predicted molar refractivity (Wildman–Crippen MR) is 76.7 cm³/mol. The van der Waals surface area contributed by atoms with Gasteiger partial charge in [-0.05, 0) is 49.4 Å². The lowest BCUT2D eigenvalue weighted by molar-refractivity contribution is 0.167. The molecule has 1 aromatic rings. The number of rotatable bonds is 4. The second kappa shape index (κ2) is 6.44. The van der Waals surface area contributed by atoms with Crippen molar-refractivity contribution < 1.29 is 4.74 Å². The van der Waals surface area contributed by atoms with Gasteiger partial charge in [-0.15, -0.1) is 0 Å². The maximum Gasteiger partial charge on any atom is 0.138 e. The van der Waals surface area contributed by atoms with Crippen LogP contribution in [0.25, 0.3) is 0 Å². The Labute approximate surface area is 115 Å². The van der Waals surface area contributed by atoms with E-state index in [1.807, 2.05) is 12.1 Å². The molecule has 100 valence electrons. The first-order valence-corrected chi connectivity index (χ1v) is 7.25. The van der Waals surface area contributed by atoms with E-state index in [1.54, 1.807) is 0 Å². The summed E-state index contributed by atoms with van der Waals surface area (Å²) in [6.07, 6.45) is 3.66. The molecule has 0 aromatic heterocycles. The normalized spacial score (nSPS) is 21.6. The zero-order chi connectivity index (χ0) is 13.0. The average Bonchev–Trinajstić information content (AvgIpc) is 2.41.